The second-order valence-electron chi connectivity index (χ2n) is 4.44. The van der Waals surface area contributed by atoms with Gasteiger partial charge in [0.15, 0.2) is 0 Å². The van der Waals surface area contributed by atoms with Crippen molar-refractivity contribution in [2.24, 2.45) is 0 Å². The number of pyridine rings is 2. The van der Waals surface area contributed by atoms with Gasteiger partial charge in [-0.15, -0.1) is 0 Å². The topological polar surface area (TPSA) is 54.9 Å². The van der Waals surface area contributed by atoms with Crippen LogP contribution in [0.2, 0.25) is 0 Å². The van der Waals surface area contributed by atoms with E-state index in [2.05, 4.69) is 15.3 Å². The first kappa shape index (κ1) is 13.2. The van der Waals surface area contributed by atoms with Gasteiger partial charge >= 0.3 is 0 Å². The predicted molar refractivity (Wildman–Crippen MR) is 73.4 cm³/mol. The minimum atomic E-state index is -0.0184. The number of amides is 1. The van der Waals surface area contributed by atoms with Crippen LogP contribution in [0.25, 0.3) is 0 Å². The Hall–Kier alpha value is -2.23. The van der Waals surface area contributed by atoms with Gasteiger partial charge in [-0.2, -0.15) is 0 Å². The normalized spacial score (nSPS) is 11.8. The number of nitrogens with zero attached hydrogens (tertiary/aromatic N) is 2. The van der Waals surface area contributed by atoms with Crippen LogP contribution in [0.5, 0.6) is 0 Å². The maximum absolute atomic E-state index is 11.8. The number of aryl methyl sites for hydroxylation is 1. The summed E-state index contributed by atoms with van der Waals surface area (Å²) >= 11 is 0. The van der Waals surface area contributed by atoms with E-state index in [1.165, 1.54) is 0 Å². The molecule has 1 atom stereocenters. The Morgan fingerprint density at radius 3 is 2.58 bits per heavy atom. The van der Waals surface area contributed by atoms with Crippen molar-refractivity contribution in [3.8, 4) is 0 Å². The molecule has 0 aliphatic rings. The average Bonchev–Trinajstić information content (AvgIpc) is 2.47. The summed E-state index contributed by atoms with van der Waals surface area (Å²) in [5.41, 5.74) is 2.09. The second kappa shape index (κ2) is 6.64. The Morgan fingerprint density at radius 1 is 1.21 bits per heavy atom. The Kier molecular flexibility index (Phi) is 4.61. The molecular formula is C15H17N3O. The smallest absolute Gasteiger partial charge is 0.220 e. The van der Waals surface area contributed by atoms with Gasteiger partial charge in [-0.05, 0) is 36.6 Å². The Bertz CT molecular complexity index is 513. The molecule has 0 aliphatic carbocycles. The molecule has 0 spiro atoms. The highest BCUT2D eigenvalue weighted by Crippen LogP contribution is 2.10. The van der Waals surface area contributed by atoms with Crippen molar-refractivity contribution < 1.29 is 4.79 Å². The van der Waals surface area contributed by atoms with Crippen molar-refractivity contribution >= 4 is 5.91 Å². The predicted octanol–water partition coefficient (Wildman–Crippen LogP) is 2.29. The Morgan fingerprint density at radius 2 is 1.95 bits per heavy atom. The highest BCUT2D eigenvalue weighted by Gasteiger charge is 2.09. The van der Waals surface area contributed by atoms with Crippen molar-refractivity contribution in [3.05, 3.63) is 60.2 Å². The van der Waals surface area contributed by atoms with Crippen LogP contribution in [0.1, 0.15) is 30.5 Å². The molecule has 98 valence electrons. The lowest BCUT2D eigenvalue weighted by Gasteiger charge is -2.13. The van der Waals surface area contributed by atoms with E-state index in [1.807, 2.05) is 31.2 Å². The average molecular weight is 255 g/mol. The summed E-state index contributed by atoms with van der Waals surface area (Å²) in [7, 11) is 0. The fourth-order valence-corrected chi connectivity index (χ4v) is 1.83. The van der Waals surface area contributed by atoms with Crippen molar-refractivity contribution in [1.82, 2.24) is 15.3 Å². The highest BCUT2D eigenvalue weighted by atomic mass is 16.1. The van der Waals surface area contributed by atoms with Crippen LogP contribution in [0.3, 0.4) is 0 Å². The van der Waals surface area contributed by atoms with Gasteiger partial charge in [0, 0.05) is 31.2 Å². The molecule has 0 bridgehead atoms. The molecule has 4 heteroatoms. The maximum Gasteiger partial charge on any atom is 0.220 e. The molecule has 0 saturated carbocycles. The molecule has 0 radical (unpaired) electrons. The van der Waals surface area contributed by atoms with Crippen molar-refractivity contribution in [3.63, 3.8) is 0 Å². The van der Waals surface area contributed by atoms with E-state index in [1.54, 1.807) is 24.8 Å². The SMILES string of the molecule is CC(NC(=O)CCc1cccnc1)c1cccnc1. The Balaban J connectivity index is 1.82. The first-order chi connectivity index (χ1) is 9.25. The van der Waals surface area contributed by atoms with E-state index in [4.69, 9.17) is 0 Å². The van der Waals surface area contributed by atoms with Crippen LogP contribution in [0.15, 0.2) is 49.1 Å². The fourth-order valence-electron chi connectivity index (χ4n) is 1.83. The zero-order valence-corrected chi connectivity index (χ0v) is 10.9. The number of hydrogen-bond acceptors (Lipinski definition) is 3. The van der Waals surface area contributed by atoms with Crippen LogP contribution in [0.4, 0.5) is 0 Å². The van der Waals surface area contributed by atoms with Crippen molar-refractivity contribution in [2.45, 2.75) is 25.8 Å². The van der Waals surface area contributed by atoms with Crippen LogP contribution < -0.4 is 5.32 Å². The standard InChI is InChI=1S/C15H17N3O/c1-12(14-5-3-9-17-11-14)18-15(19)7-6-13-4-2-8-16-10-13/h2-5,8-12H,6-7H2,1H3,(H,18,19). The van der Waals surface area contributed by atoms with Gasteiger partial charge in [0.1, 0.15) is 0 Å². The van der Waals surface area contributed by atoms with E-state index in [0.717, 1.165) is 11.1 Å². The quantitative estimate of drug-likeness (QED) is 0.891. The zero-order chi connectivity index (χ0) is 13.5. The molecule has 0 saturated heterocycles. The van der Waals surface area contributed by atoms with Crippen molar-refractivity contribution in [2.75, 3.05) is 0 Å². The molecule has 0 fully saturated rings. The largest absolute Gasteiger partial charge is 0.350 e. The zero-order valence-electron chi connectivity index (χ0n) is 10.9. The number of carbonyl (C=O) groups excluding carboxylic acids is 1. The first-order valence-electron chi connectivity index (χ1n) is 6.34. The number of nitrogens with one attached hydrogen (secondary N) is 1. The van der Waals surface area contributed by atoms with Gasteiger partial charge in [0.25, 0.3) is 0 Å². The molecule has 1 amide bonds. The molecule has 1 unspecified atom stereocenters. The van der Waals surface area contributed by atoms with Gasteiger partial charge < -0.3 is 5.32 Å². The second-order valence-corrected chi connectivity index (χ2v) is 4.44. The molecule has 2 heterocycles. The summed E-state index contributed by atoms with van der Waals surface area (Å²) in [5.74, 6) is 0.0419. The number of aromatic nitrogens is 2. The van der Waals surface area contributed by atoms with Gasteiger partial charge in [0.05, 0.1) is 6.04 Å². The maximum atomic E-state index is 11.8. The Labute approximate surface area is 112 Å². The molecule has 2 aromatic rings. The summed E-state index contributed by atoms with van der Waals surface area (Å²) in [5, 5.41) is 2.97. The third-order valence-electron chi connectivity index (χ3n) is 2.93. The van der Waals surface area contributed by atoms with Crippen molar-refractivity contribution in [1.29, 1.82) is 0 Å². The first-order valence-corrected chi connectivity index (χ1v) is 6.34. The van der Waals surface area contributed by atoms with Gasteiger partial charge in [-0.25, -0.2) is 0 Å². The third kappa shape index (κ3) is 4.17. The molecule has 19 heavy (non-hydrogen) atoms. The van der Waals surface area contributed by atoms with E-state index in [0.29, 0.717) is 12.8 Å². The summed E-state index contributed by atoms with van der Waals surface area (Å²) < 4.78 is 0. The fraction of sp³-hybridized carbons (Fsp3) is 0.267. The monoisotopic (exact) mass is 255 g/mol. The molecule has 4 nitrogen and oxygen atoms in total. The number of hydrogen-bond donors (Lipinski definition) is 1. The van der Waals surface area contributed by atoms with E-state index in [-0.39, 0.29) is 11.9 Å². The lowest BCUT2D eigenvalue weighted by molar-refractivity contribution is -0.121. The van der Waals surface area contributed by atoms with E-state index < -0.39 is 0 Å². The van der Waals surface area contributed by atoms with Crippen LogP contribution in [-0.2, 0) is 11.2 Å². The minimum absolute atomic E-state index is 0.0184. The van der Waals surface area contributed by atoms with E-state index in [9.17, 15) is 4.79 Å². The van der Waals surface area contributed by atoms with Crippen LogP contribution in [-0.4, -0.2) is 15.9 Å². The molecule has 0 aliphatic heterocycles. The van der Waals surface area contributed by atoms with Crippen LogP contribution in [0, 0.1) is 0 Å². The molecule has 2 rings (SSSR count). The lowest BCUT2D eigenvalue weighted by atomic mass is 10.1. The number of carbonyl (C=O) groups is 1. The number of rotatable bonds is 5. The van der Waals surface area contributed by atoms with Gasteiger partial charge in [-0.3, -0.25) is 14.8 Å². The van der Waals surface area contributed by atoms with Gasteiger partial charge in [-0.1, -0.05) is 12.1 Å². The highest BCUT2D eigenvalue weighted by molar-refractivity contribution is 5.76. The third-order valence-corrected chi connectivity index (χ3v) is 2.93. The summed E-state index contributed by atoms with van der Waals surface area (Å²) in [6.45, 7) is 1.96. The molecular weight excluding hydrogens is 238 g/mol. The minimum Gasteiger partial charge on any atom is -0.350 e. The van der Waals surface area contributed by atoms with Crippen LogP contribution >= 0.6 is 0 Å². The van der Waals surface area contributed by atoms with E-state index >= 15 is 0 Å². The summed E-state index contributed by atoms with van der Waals surface area (Å²) in [4.78, 5) is 19.9. The van der Waals surface area contributed by atoms with Gasteiger partial charge in [0.2, 0.25) is 5.91 Å². The summed E-state index contributed by atoms with van der Waals surface area (Å²) in [6, 6.07) is 7.67. The summed E-state index contributed by atoms with van der Waals surface area (Å²) in [6.07, 6.45) is 8.19. The lowest BCUT2D eigenvalue weighted by Crippen LogP contribution is -2.26. The molecule has 0 aromatic carbocycles. The molecule has 1 N–H and O–H groups in total. The molecule has 2 aromatic heterocycles.